The first-order chi connectivity index (χ1) is 13.3. The zero-order valence-electron chi connectivity index (χ0n) is 15.6. The van der Waals surface area contributed by atoms with Crippen LogP contribution in [0.4, 0.5) is 14.5 Å². The SMILES string of the molecule is CC(C)[C@@H]1C[C@H](c2cc(F)ccc2F)N(c2ccn3ncc(C(=O)O)c3c2)C1. The summed E-state index contributed by atoms with van der Waals surface area (Å²) in [5.41, 5.74) is 1.67. The number of rotatable bonds is 4. The summed E-state index contributed by atoms with van der Waals surface area (Å²) in [5.74, 6) is -1.26. The molecule has 146 valence electrons. The third-order valence-electron chi connectivity index (χ3n) is 5.66. The van der Waals surface area contributed by atoms with Gasteiger partial charge in [0.2, 0.25) is 0 Å². The largest absolute Gasteiger partial charge is 0.478 e. The molecule has 0 saturated carbocycles. The third kappa shape index (κ3) is 3.10. The third-order valence-corrected chi connectivity index (χ3v) is 5.66. The van der Waals surface area contributed by atoms with Crippen molar-refractivity contribution in [2.24, 2.45) is 11.8 Å². The molecular weight excluding hydrogens is 364 g/mol. The second-order valence-corrected chi connectivity index (χ2v) is 7.65. The van der Waals surface area contributed by atoms with E-state index in [-0.39, 0.29) is 11.6 Å². The molecule has 5 nitrogen and oxygen atoms in total. The van der Waals surface area contributed by atoms with Crippen molar-refractivity contribution in [2.45, 2.75) is 26.3 Å². The van der Waals surface area contributed by atoms with Gasteiger partial charge in [0.05, 0.1) is 17.8 Å². The summed E-state index contributed by atoms with van der Waals surface area (Å²) in [6.07, 6.45) is 3.71. The first-order valence-corrected chi connectivity index (χ1v) is 9.27. The van der Waals surface area contributed by atoms with Crippen LogP contribution in [-0.4, -0.2) is 27.2 Å². The standard InChI is InChI=1S/C21H21F2N3O2/c1-12(2)13-7-19(16-8-14(22)3-4-18(16)23)25(11-13)15-5-6-26-20(9-15)17(10-24-26)21(27)28/h3-6,8-10,12-13,19H,7,11H2,1-2H3,(H,27,28)/t13-,19-/m1/s1. The number of halogens is 2. The molecule has 1 aromatic carbocycles. The number of hydrogen-bond acceptors (Lipinski definition) is 3. The minimum atomic E-state index is -1.05. The molecule has 1 fully saturated rings. The number of anilines is 1. The molecule has 1 saturated heterocycles. The number of pyridine rings is 1. The molecule has 1 aliphatic rings. The number of carboxylic acid groups (broad SMARTS) is 1. The molecule has 3 aromatic rings. The number of carbonyl (C=O) groups is 1. The van der Waals surface area contributed by atoms with Gasteiger partial charge in [0.1, 0.15) is 17.2 Å². The first kappa shape index (κ1) is 18.4. The number of aromatic nitrogens is 2. The molecule has 2 aromatic heterocycles. The zero-order chi connectivity index (χ0) is 20.0. The van der Waals surface area contributed by atoms with E-state index < -0.39 is 17.6 Å². The van der Waals surface area contributed by atoms with Crippen molar-refractivity contribution in [3.05, 3.63) is 65.5 Å². The van der Waals surface area contributed by atoms with Crippen molar-refractivity contribution in [1.29, 1.82) is 0 Å². The maximum Gasteiger partial charge on any atom is 0.339 e. The van der Waals surface area contributed by atoms with E-state index in [1.165, 1.54) is 16.8 Å². The molecule has 1 N–H and O–H groups in total. The second-order valence-electron chi connectivity index (χ2n) is 7.65. The molecule has 0 unspecified atom stereocenters. The quantitative estimate of drug-likeness (QED) is 0.717. The Morgan fingerprint density at radius 2 is 2.04 bits per heavy atom. The molecule has 0 bridgehead atoms. The van der Waals surface area contributed by atoms with E-state index in [2.05, 4.69) is 18.9 Å². The van der Waals surface area contributed by atoms with Crippen molar-refractivity contribution >= 4 is 17.2 Å². The van der Waals surface area contributed by atoms with Crippen LogP contribution in [0, 0.1) is 23.5 Å². The summed E-state index contributed by atoms with van der Waals surface area (Å²) >= 11 is 0. The molecule has 1 aliphatic heterocycles. The van der Waals surface area contributed by atoms with Crippen LogP contribution in [0.15, 0.2) is 42.7 Å². The van der Waals surface area contributed by atoms with E-state index in [9.17, 15) is 18.7 Å². The van der Waals surface area contributed by atoms with E-state index in [4.69, 9.17) is 0 Å². The molecule has 4 rings (SSSR count). The maximum absolute atomic E-state index is 14.5. The molecule has 28 heavy (non-hydrogen) atoms. The highest BCUT2D eigenvalue weighted by molar-refractivity contribution is 5.95. The smallest absolute Gasteiger partial charge is 0.339 e. The summed E-state index contributed by atoms with van der Waals surface area (Å²) < 4.78 is 29.9. The predicted octanol–water partition coefficient (Wildman–Crippen LogP) is 4.53. The number of hydrogen-bond donors (Lipinski definition) is 1. The Balaban J connectivity index is 1.81. The second kappa shape index (κ2) is 6.89. The number of carboxylic acids is 1. The Morgan fingerprint density at radius 1 is 1.25 bits per heavy atom. The van der Waals surface area contributed by atoms with Gasteiger partial charge in [0.15, 0.2) is 0 Å². The minimum absolute atomic E-state index is 0.106. The first-order valence-electron chi connectivity index (χ1n) is 9.27. The Labute approximate surface area is 161 Å². The van der Waals surface area contributed by atoms with Crippen LogP contribution in [0.2, 0.25) is 0 Å². The molecule has 0 aliphatic carbocycles. The predicted molar refractivity (Wildman–Crippen MR) is 102 cm³/mol. The summed E-state index contributed by atoms with van der Waals surface area (Å²) in [7, 11) is 0. The van der Waals surface area contributed by atoms with Crippen LogP contribution in [0.5, 0.6) is 0 Å². The van der Waals surface area contributed by atoms with Gasteiger partial charge in [-0.05, 0) is 48.6 Å². The fraction of sp³-hybridized carbons (Fsp3) is 0.333. The minimum Gasteiger partial charge on any atom is -0.478 e. The van der Waals surface area contributed by atoms with Crippen LogP contribution >= 0.6 is 0 Å². The fourth-order valence-corrected chi connectivity index (χ4v) is 4.01. The lowest BCUT2D eigenvalue weighted by atomic mass is 9.91. The monoisotopic (exact) mass is 385 g/mol. The van der Waals surface area contributed by atoms with Gasteiger partial charge in [0, 0.05) is 24.0 Å². The molecule has 0 amide bonds. The van der Waals surface area contributed by atoms with Crippen LogP contribution in [0.1, 0.15) is 42.2 Å². The molecule has 0 radical (unpaired) electrons. The van der Waals surface area contributed by atoms with Crippen molar-refractivity contribution in [2.75, 3.05) is 11.4 Å². The number of fused-ring (bicyclic) bond motifs is 1. The van der Waals surface area contributed by atoms with Gasteiger partial charge in [-0.3, -0.25) is 0 Å². The van der Waals surface area contributed by atoms with Gasteiger partial charge in [0.25, 0.3) is 0 Å². The van der Waals surface area contributed by atoms with Crippen molar-refractivity contribution < 1.29 is 18.7 Å². The molecule has 7 heteroatoms. The molecule has 2 atom stereocenters. The Hall–Kier alpha value is -2.96. The highest BCUT2D eigenvalue weighted by Crippen LogP contribution is 2.42. The van der Waals surface area contributed by atoms with Gasteiger partial charge in [-0.1, -0.05) is 13.8 Å². The number of aromatic carboxylic acids is 1. The van der Waals surface area contributed by atoms with E-state index in [0.29, 0.717) is 35.9 Å². The Morgan fingerprint density at radius 3 is 2.75 bits per heavy atom. The molecule has 3 heterocycles. The van der Waals surface area contributed by atoms with E-state index in [0.717, 1.165) is 17.8 Å². The van der Waals surface area contributed by atoms with Crippen LogP contribution in [-0.2, 0) is 0 Å². The van der Waals surface area contributed by atoms with Gasteiger partial charge in [-0.15, -0.1) is 0 Å². The van der Waals surface area contributed by atoms with Crippen molar-refractivity contribution in [3.63, 3.8) is 0 Å². The van der Waals surface area contributed by atoms with Crippen molar-refractivity contribution in [3.8, 4) is 0 Å². The van der Waals surface area contributed by atoms with Gasteiger partial charge < -0.3 is 10.0 Å². The summed E-state index contributed by atoms with van der Waals surface area (Å²) in [6, 6.07) is 6.81. The topological polar surface area (TPSA) is 57.8 Å². The Bertz CT molecular complexity index is 1050. The fourth-order valence-electron chi connectivity index (χ4n) is 4.01. The highest BCUT2D eigenvalue weighted by Gasteiger charge is 2.36. The lowest BCUT2D eigenvalue weighted by Crippen LogP contribution is -2.25. The Kier molecular flexibility index (Phi) is 4.53. The van der Waals surface area contributed by atoms with E-state index in [1.807, 2.05) is 11.0 Å². The van der Waals surface area contributed by atoms with Crippen LogP contribution in [0.3, 0.4) is 0 Å². The zero-order valence-corrected chi connectivity index (χ0v) is 15.6. The summed E-state index contributed by atoms with van der Waals surface area (Å²) in [6.45, 7) is 4.93. The van der Waals surface area contributed by atoms with Gasteiger partial charge >= 0.3 is 5.97 Å². The van der Waals surface area contributed by atoms with Gasteiger partial charge in [-0.2, -0.15) is 5.10 Å². The van der Waals surface area contributed by atoms with E-state index in [1.54, 1.807) is 12.3 Å². The molecule has 0 spiro atoms. The lowest BCUT2D eigenvalue weighted by Gasteiger charge is -2.27. The number of benzene rings is 1. The number of nitrogens with zero attached hydrogens (tertiary/aromatic N) is 3. The van der Waals surface area contributed by atoms with Gasteiger partial charge in [-0.25, -0.2) is 18.1 Å². The maximum atomic E-state index is 14.5. The summed E-state index contributed by atoms with van der Waals surface area (Å²) in [5, 5.41) is 13.4. The highest BCUT2D eigenvalue weighted by atomic mass is 19.1. The van der Waals surface area contributed by atoms with Crippen LogP contribution < -0.4 is 4.90 Å². The lowest BCUT2D eigenvalue weighted by molar-refractivity contribution is 0.0699. The van der Waals surface area contributed by atoms with E-state index >= 15 is 0 Å². The molecular formula is C21H21F2N3O2. The summed E-state index contributed by atoms with van der Waals surface area (Å²) in [4.78, 5) is 13.5. The average Bonchev–Trinajstić information content (AvgIpc) is 3.27. The normalized spacial score (nSPS) is 19.7. The average molecular weight is 385 g/mol. The van der Waals surface area contributed by atoms with Crippen molar-refractivity contribution in [1.82, 2.24) is 9.61 Å². The van der Waals surface area contributed by atoms with Crippen LogP contribution in [0.25, 0.3) is 5.52 Å².